The largest absolute Gasteiger partial charge is 0.208 e. The van der Waals surface area contributed by atoms with Gasteiger partial charge in [-0.1, -0.05) is 203 Å². The summed E-state index contributed by atoms with van der Waals surface area (Å²) in [5.41, 5.74) is 11.2. The summed E-state index contributed by atoms with van der Waals surface area (Å²) in [4.78, 5) is 15.7. The zero-order valence-electron chi connectivity index (χ0n) is 35.0. The van der Waals surface area contributed by atoms with Gasteiger partial charge in [-0.15, -0.1) is 0 Å². The lowest BCUT2D eigenvalue weighted by atomic mass is 9.82. The minimum absolute atomic E-state index is 0.0209. The normalized spacial score (nSPS) is 11.8. The van der Waals surface area contributed by atoms with Crippen molar-refractivity contribution >= 4 is 43.1 Å². The second-order valence-electron chi connectivity index (χ2n) is 17.3. The molecular weight excluding hydrogens is 751 g/mol. The van der Waals surface area contributed by atoms with Gasteiger partial charge >= 0.3 is 0 Å². The van der Waals surface area contributed by atoms with E-state index in [1.54, 1.807) is 0 Å². The van der Waals surface area contributed by atoms with E-state index in [1.807, 2.05) is 0 Å². The third kappa shape index (κ3) is 6.78. The van der Waals surface area contributed by atoms with Gasteiger partial charge in [-0.2, -0.15) is 0 Å². The molecule has 11 rings (SSSR count). The van der Waals surface area contributed by atoms with Crippen LogP contribution in [0.5, 0.6) is 0 Å². The topological polar surface area (TPSA) is 38.7 Å². The molecule has 3 heteroatoms. The monoisotopic (exact) mass is 793 g/mol. The molecule has 0 aliphatic rings. The molecule has 0 radical (unpaired) electrons. The lowest BCUT2D eigenvalue weighted by molar-refractivity contribution is 0.596. The second kappa shape index (κ2) is 15.1. The summed E-state index contributed by atoms with van der Waals surface area (Å²) in [5.74, 6) is 1.90. The van der Waals surface area contributed by atoms with Gasteiger partial charge < -0.3 is 0 Å². The Labute approximate surface area is 362 Å². The van der Waals surface area contributed by atoms with Crippen molar-refractivity contribution in [3.63, 3.8) is 0 Å². The number of rotatable bonds is 6. The number of hydrogen-bond donors (Lipinski definition) is 0. The Morgan fingerprint density at radius 3 is 1.50 bits per heavy atom. The van der Waals surface area contributed by atoms with Crippen molar-refractivity contribution in [2.45, 2.75) is 26.2 Å². The van der Waals surface area contributed by atoms with Crippen LogP contribution in [-0.4, -0.2) is 15.0 Å². The minimum atomic E-state index is 0.0209. The van der Waals surface area contributed by atoms with Gasteiger partial charge in [0.05, 0.1) is 0 Å². The van der Waals surface area contributed by atoms with E-state index >= 15 is 0 Å². The van der Waals surface area contributed by atoms with Gasteiger partial charge in [0.15, 0.2) is 17.5 Å². The molecule has 0 amide bonds. The van der Waals surface area contributed by atoms with Gasteiger partial charge in [0, 0.05) is 16.7 Å². The Morgan fingerprint density at radius 2 is 0.774 bits per heavy atom. The van der Waals surface area contributed by atoms with Crippen LogP contribution in [0.4, 0.5) is 0 Å². The van der Waals surface area contributed by atoms with E-state index in [9.17, 15) is 0 Å². The Kier molecular flexibility index (Phi) is 9.05. The van der Waals surface area contributed by atoms with E-state index in [0.717, 1.165) is 44.2 Å². The fraction of sp³-hybridized carbons (Fsp3) is 0.0678. The maximum absolute atomic E-state index is 5.27. The predicted molar refractivity (Wildman–Crippen MR) is 261 cm³/mol. The molecule has 0 saturated carbocycles. The number of fused-ring (bicyclic) bond motifs is 5. The molecule has 0 saturated heterocycles. The van der Waals surface area contributed by atoms with Crippen LogP contribution in [0, 0.1) is 0 Å². The average molecular weight is 794 g/mol. The van der Waals surface area contributed by atoms with Crippen molar-refractivity contribution in [1.29, 1.82) is 0 Å². The Morgan fingerprint density at radius 1 is 0.274 bits per heavy atom. The summed E-state index contributed by atoms with van der Waals surface area (Å²) >= 11 is 0. The van der Waals surface area contributed by atoms with E-state index in [1.165, 1.54) is 54.6 Å². The molecule has 1 heterocycles. The smallest absolute Gasteiger partial charge is 0.164 e. The maximum atomic E-state index is 5.27. The van der Waals surface area contributed by atoms with Gasteiger partial charge in [0.25, 0.3) is 0 Å². The van der Waals surface area contributed by atoms with Crippen molar-refractivity contribution in [3.05, 3.63) is 212 Å². The molecule has 0 spiro atoms. The zero-order chi connectivity index (χ0) is 41.8. The van der Waals surface area contributed by atoms with E-state index in [2.05, 4.69) is 227 Å². The molecule has 10 aromatic carbocycles. The van der Waals surface area contributed by atoms with Crippen molar-refractivity contribution in [3.8, 4) is 67.5 Å². The zero-order valence-corrected chi connectivity index (χ0v) is 35.0. The summed E-state index contributed by atoms with van der Waals surface area (Å²) in [7, 11) is 0. The average Bonchev–Trinajstić information content (AvgIpc) is 3.33. The molecule has 0 unspecified atom stereocenters. The lowest BCUT2D eigenvalue weighted by Gasteiger charge is -2.23. The fourth-order valence-electron chi connectivity index (χ4n) is 9.06. The standard InChI is InChI=1S/C59H43N3/c1-59(2,3)55-37-47(35-44-15-6-9-22-51(44)55)39-28-26-38(27-29-39)43-18-12-19-46(34-43)57-60-56(42-32-30-41(31-33-42)49-25-13-17-40-14-4-7-20-48(40)49)61-58(62-57)54-36-45-16-5-8-21-50(45)52-23-10-11-24-53(52)54/h4-37H,1-3H3. The summed E-state index contributed by atoms with van der Waals surface area (Å²) in [5, 5.41) is 9.67. The predicted octanol–water partition coefficient (Wildman–Crippen LogP) is 15.8. The highest BCUT2D eigenvalue weighted by molar-refractivity contribution is 6.13. The third-order valence-electron chi connectivity index (χ3n) is 12.2. The van der Waals surface area contributed by atoms with E-state index in [0.29, 0.717) is 17.5 Å². The van der Waals surface area contributed by atoms with Gasteiger partial charge in [0.1, 0.15) is 0 Å². The summed E-state index contributed by atoms with van der Waals surface area (Å²) in [6, 6.07) is 73.9. The molecule has 62 heavy (non-hydrogen) atoms. The van der Waals surface area contributed by atoms with E-state index in [-0.39, 0.29) is 5.41 Å². The van der Waals surface area contributed by atoms with Gasteiger partial charge in [-0.05, 0) is 112 Å². The summed E-state index contributed by atoms with van der Waals surface area (Å²) in [6.45, 7) is 6.88. The van der Waals surface area contributed by atoms with Crippen LogP contribution in [0.2, 0.25) is 0 Å². The van der Waals surface area contributed by atoms with Crippen molar-refractivity contribution in [2.24, 2.45) is 0 Å². The lowest BCUT2D eigenvalue weighted by Crippen LogP contribution is -2.11. The molecule has 0 atom stereocenters. The Hall–Kier alpha value is -7.75. The van der Waals surface area contributed by atoms with Crippen LogP contribution in [0.25, 0.3) is 111 Å². The number of nitrogens with zero attached hydrogens (tertiary/aromatic N) is 3. The first-order valence-electron chi connectivity index (χ1n) is 21.3. The highest BCUT2D eigenvalue weighted by atomic mass is 15.0. The van der Waals surface area contributed by atoms with Crippen LogP contribution in [-0.2, 0) is 5.41 Å². The molecule has 1 aromatic heterocycles. The highest BCUT2D eigenvalue weighted by Gasteiger charge is 2.20. The van der Waals surface area contributed by atoms with Crippen LogP contribution in [0.3, 0.4) is 0 Å². The SMILES string of the molecule is CC(C)(C)c1cc(-c2ccc(-c3cccc(-c4nc(-c5ccc(-c6cccc7ccccc67)cc5)nc(-c5cc6ccccc6c6ccccc56)n4)c3)cc2)cc2ccccc12. The van der Waals surface area contributed by atoms with Crippen molar-refractivity contribution in [2.75, 3.05) is 0 Å². The van der Waals surface area contributed by atoms with E-state index in [4.69, 9.17) is 15.0 Å². The van der Waals surface area contributed by atoms with Crippen LogP contribution in [0.15, 0.2) is 206 Å². The first-order chi connectivity index (χ1) is 30.3. The summed E-state index contributed by atoms with van der Waals surface area (Å²) < 4.78 is 0. The molecule has 0 fully saturated rings. The minimum Gasteiger partial charge on any atom is -0.208 e. The molecule has 0 bridgehead atoms. The van der Waals surface area contributed by atoms with Gasteiger partial charge in [0.2, 0.25) is 0 Å². The van der Waals surface area contributed by atoms with Gasteiger partial charge in [-0.3, -0.25) is 0 Å². The quantitative estimate of drug-likeness (QED) is 0.157. The number of aromatic nitrogens is 3. The second-order valence-corrected chi connectivity index (χ2v) is 17.3. The first-order valence-corrected chi connectivity index (χ1v) is 21.3. The Balaban J connectivity index is 1.02. The maximum Gasteiger partial charge on any atom is 0.164 e. The first kappa shape index (κ1) is 37.3. The van der Waals surface area contributed by atoms with E-state index < -0.39 is 0 Å². The van der Waals surface area contributed by atoms with Crippen LogP contribution in [0.1, 0.15) is 26.3 Å². The highest BCUT2D eigenvalue weighted by Crippen LogP contribution is 2.38. The molecule has 3 nitrogen and oxygen atoms in total. The fourth-order valence-corrected chi connectivity index (χ4v) is 9.06. The van der Waals surface area contributed by atoms with Crippen molar-refractivity contribution < 1.29 is 0 Å². The van der Waals surface area contributed by atoms with Crippen molar-refractivity contribution in [1.82, 2.24) is 15.0 Å². The van der Waals surface area contributed by atoms with Crippen LogP contribution >= 0.6 is 0 Å². The Bertz CT molecular complexity index is 3480. The molecule has 0 aliphatic carbocycles. The summed E-state index contributed by atoms with van der Waals surface area (Å²) in [6.07, 6.45) is 0. The van der Waals surface area contributed by atoms with Crippen LogP contribution < -0.4 is 0 Å². The molecule has 0 aliphatic heterocycles. The molecule has 0 N–H and O–H groups in total. The molecular formula is C59H43N3. The third-order valence-corrected chi connectivity index (χ3v) is 12.2. The number of hydrogen-bond acceptors (Lipinski definition) is 3. The van der Waals surface area contributed by atoms with Gasteiger partial charge in [-0.25, -0.2) is 15.0 Å². The molecule has 294 valence electrons. The molecule has 11 aromatic rings. The number of benzene rings is 10.